The smallest absolute Gasteiger partial charge is 0.276 e. The van der Waals surface area contributed by atoms with Crippen LogP contribution in [0.4, 0.5) is 19.0 Å². The molecule has 194 valence electrons. The summed E-state index contributed by atoms with van der Waals surface area (Å²) in [6.07, 6.45) is 1.36. The minimum Gasteiger partial charge on any atom is -0.481 e. The van der Waals surface area contributed by atoms with Crippen LogP contribution in [0.5, 0.6) is 5.88 Å². The van der Waals surface area contributed by atoms with Crippen molar-refractivity contribution in [2.75, 3.05) is 25.5 Å². The first-order valence-electron chi connectivity index (χ1n) is 12.4. The Morgan fingerprint density at radius 1 is 1.27 bits per heavy atom. The molecule has 0 amide bonds. The van der Waals surface area contributed by atoms with E-state index in [2.05, 4.69) is 30.4 Å². The third-order valence-electron chi connectivity index (χ3n) is 7.37. The largest absolute Gasteiger partial charge is 0.481 e. The maximum atomic E-state index is 15.5. The topological polar surface area (TPSA) is 76.3 Å². The zero-order valence-corrected chi connectivity index (χ0v) is 21.0. The van der Waals surface area contributed by atoms with Gasteiger partial charge in [-0.05, 0) is 45.3 Å². The number of ether oxygens (including phenoxy) is 1. The summed E-state index contributed by atoms with van der Waals surface area (Å²) >= 11 is 0. The highest BCUT2D eigenvalue weighted by Gasteiger charge is 2.55. The predicted molar refractivity (Wildman–Crippen MR) is 134 cm³/mol. The number of alkyl halides is 2. The van der Waals surface area contributed by atoms with Gasteiger partial charge in [0, 0.05) is 24.8 Å². The molecular formula is C27H29F3N6O. The SMILES string of the molecule is [C-]#[N+]C1(c2cc3c(N[C@H](C)c4cccc(C(F)(F)CCC5CNC5)c4F)nc(C)nc3nc2OC)CC1. The minimum absolute atomic E-state index is 0.119. The molecule has 1 saturated heterocycles. The van der Waals surface area contributed by atoms with Crippen LogP contribution < -0.4 is 15.4 Å². The van der Waals surface area contributed by atoms with E-state index >= 15 is 4.39 Å². The number of aryl methyl sites for hydroxylation is 1. The molecule has 2 aliphatic rings. The van der Waals surface area contributed by atoms with E-state index in [1.807, 2.05) is 0 Å². The second-order valence-corrected chi connectivity index (χ2v) is 10.0. The Labute approximate surface area is 213 Å². The summed E-state index contributed by atoms with van der Waals surface area (Å²) in [6, 6.07) is 5.26. The molecule has 2 aromatic heterocycles. The number of aromatic nitrogens is 3. The average molecular weight is 511 g/mol. The number of anilines is 1. The Balaban J connectivity index is 1.47. The lowest BCUT2D eigenvalue weighted by Crippen LogP contribution is -2.42. The van der Waals surface area contributed by atoms with Crippen molar-refractivity contribution in [3.63, 3.8) is 0 Å². The van der Waals surface area contributed by atoms with Gasteiger partial charge in [-0.25, -0.2) is 29.7 Å². The summed E-state index contributed by atoms with van der Waals surface area (Å²) in [5.74, 6) is -2.80. The zero-order valence-electron chi connectivity index (χ0n) is 21.0. The van der Waals surface area contributed by atoms with Crippen LogP contribution in [0.1, 0.15) is 61.2 Å². The standard InChI is InChI=1S/C27H29F3N6O/c1-15(18-6-5-7-20(22(18)28)27(29,30)9-8-17-13-32-14-17)33-23-19-12-21(26(31-3)10-11-26)25(37-4)36-24(19)35-16(2)34-23/h5-7,12,15,17,32H,8-11,13-14H2,1-2,4H3,(H,33,34,35,36)/t15-/m1/s1. The average Bonchev–Trinajstić information content (AvgIpc) is 3.63. The van der Waals surface area contributed by atoms with E-state index in [0.29, 0.717) is 53.4 Å². The molecule has 1 atom stereocenters. The van der Waals surface area contributed by atoms with E-state index in [4.69, 9.17) is 11.3 Å². The van der Waals surface area contributed by atoms with Gasteiger partial charge >= 0.3 is 0 Å². The number of methoxy groups -OCH3 is 1. The highest BCUT2D eigenvalue weighted by molar-refractivity contribution is 5.88. The maximum Gasteiger partial charge on any atom is 0.276 e. The van der Waals surface area contributed by atoms with Crippen molar-refractivity contribution in [1.29, 1.82) is 0 Å². The van der Waals surface area contributed by atoms with Crippen molar-refractivity contribution in [2.24, 2.45) is 5.92 Å². The molecule has 0 spiro atoms. The van der Waals surface area contributed by atoms with Crippen LogP contribution in [0.3, 0.4) is 0 Å². The molecular weight excluding hydrogens is 481 g/mol. The van der Waals surface area contributed by atoms with Crippen LogP contribution in [0.25, 0.3) is 15.9 Å². The van der Waals surface area contributed by atoms with Crippen molar-refractivity contribution < 1.29 is 17.9 Å². The number of fused-ring (bicyclic) bond motifs is 1. The zero-order chi connectivity index (χ0) is 26.4. The summed E-state index contributed by atoms with van der Waals surface area (Å²) in [7, 11) is 1.50. The number of pyridine rings is 1. The van der Waals surface area contributed by atoms with E-state index < -0.39 is 35.3 Å². The fourth-order valence-electron chi connectivity index (χ4n) is 4.83. The lowest BCUT2D eigenvalue weighted by molar-refractivity contribution is -0.0244. The number of rotatable bonds is 9. The van der Waals surface area contributed by atoms with Crippen LogP contribution in [0.15, 0.2) is 24.3 Å². The quantitative estimate of drug-likeness (QED) is 0.362. The fourth-order valence-corrected chi connectivity index (χ4v) is 4.83. The summed E-state index contributed by atoms with van der Waals surface area (Å²) in [5.41, 5.74) is -0.114. The first kappa shape index (κ1) is 25.2. The monoisotopic (exact) mass is 510 g/mol. The van der Waals surface area contributed by atoms with Crippen LogP contribution in [0.2, 0.25) is 0 Å². The Hall–Kier alpha value is -3.45. The van der Waals surface area contributed by atoms with Gasteiger partial charge in [-0.3, -0.25) is 0 Å². The van der Waals surface area contributed by atoms with Crippen LogP contribution >= 0.6 is 0 Å². The van der Waals surface area contributed by atoms with Crippen molar-refractivity contribution in [1.82, 2.24) is 20.3 Å². The molecule has 37 heavy (non-hydrogen) atoms. The Morgan fingerprint density at radius 3 is 2.65 bits per heavy atom. The lowest BCUT2D eigenvalue weighted by atomic mass is 9.91. The normalized spacial score (nSPS) is 17.6. The van der Waals surface area contributed by atoms with Crippen LogP contribution in [0, 0.1) is 25.2 Å². The number of nitrogens with zero attached hydrogens (tertiary/aromatic N) is 4. The maximum absolute atomic E-state index is 15.5. The Kier molecular flexibility index (Phi) is 6.44. The summed E-state index contributed by atoms with van der Waals surface area (Å²) in [6.45, 7) is 12.5. The van der Waals surface area contributed by atoms with Gasteiger partial charge < -0.3 is 20.2 Å². The van der Waals surface area contributed by atoms with Gasteiger partial charge in [0.15, 0.2) is 5.65 Å². The van der Waals surface area contributed by atoms with Gasteiger partial charge in [-0.2, -0.15) is 4.98 Å². The second kappa shape index (κ2) is 9.45. The second-order valence-electron chi connectivity index (χ2n) is 10.0. The fraction of sp³-hybridized carbons (Fsp3) is 0.481. The number of hydrogen-bond acceptors (Lipinski definition) is 6. The molecule has 1 aromatic carbocycles. The van der Waals surface area contributed by atoms with E-state index in [1.165, 1.54) is 19.2 Å². The van der Waals surface area contributed by atoms with Gasteiger partial charge in [0.1, 0.15) is 17.5 Å². The van der Waals surface area contributed by atoms with Gasteiger partial charge in [-0.1, -0.05) is 18.2 Å². The molecule has 3 aromatic rings. The Morgan fingerprint density at radius 2 is 2.03 bits per heavy atom. The molecule has 0 radical (unpaired) electrons. The highest BCUT2D eigenvalue weighted by Crippen LogP contribution is 2.53. The lowest BCUT2D eigenvalue weighted by Gasteiger charge is -2.29. The van der Waals surface area contributed by atoms with Crippen molar-refractivity contribution in [3.8, 4) is 5.88 Å². The first-order valence-corrected chi connectivity index (χ1v) is 12.4. The number of halogens is 3. The summed E-state index contributed by atoms with van der Waals surface area (Å²) < 4.78 is 50.9. The highest BCUT2D eigenvalue weighted by atomic mass is 19.3. The van der Waals surface area contributed by atoms with Crippen LogP contribution in [-0.4, -0.2) is 35.2 Å². The van der Waals surface area contributed by atoms with Crippen molar-refractivity contribution >= 4 is 16.9 Å². The molecule has 2 N–H and O–H groups in total. The van der Waals surface area contributed by atoms with Crippen LogP contribution in [-0.2, 0) is 11.5 Å². The van der Waals surface area contributed by atoms with Crippen molar-refractivity contribution in [2.45, 2.75) is 57.0 Å². The first-order chi connectivity index (χ1) is 17.7. The molecule has 3 heterocycles. The summed E-state index contributed by atoms with van der Waals surface area (Å²) in [5, 5.41) is 6.81. The molecule has 0 unspecified atom stereocenters. The van der Waals surface area contributed by atoms with E-state index in [-0.39, 0.29) is 11.5 Å². The third kappa shape index (κ3) is 4.68. The summed E-state index contributed by atoms with van der Waals surface area (Å²) in [4.78, 5) is 17.2. The van der Waals surface area contributed by atoms with Gasteiger partial charge in [0.2, 0.25) is 5.88 Å². The number of hydrogen-bond donors (Lipinski definition) is 2. The molecule has 1 aliphatic carbocycles. The van der Waals surface area contributed by atoms with Crippen molar-refractivity contribution in [3.05, 3.63) is 64.0 Å². The third-order valence-corrected chi connectivity index (χ3v) is 7.37. The number of benzene rings is 1. The van der Waals surface area contributed by atoms with E-state index in [1.54, 1.807) is 19.9 Å². The van der Waals surface area contributed by atoms with Gasteiger partial charge in [0.25, 0.3) is 11.5 Å². The predicted octanol–water partition coefficient (Wildman–Crippen LogP) is 5.65. The minimum atomic E-state index is -3.26. The molecule has 1 aliphatic heterocycles. The number of nitrogens with one attached hydrogen (secondary N) is 2. The molecule has 10 heteroatoms. The van der Waals surface area contributed by atoms with E-state index in [0.717, 1.165) is 19.2 Å². The molecule has 0 bridgehead atoms. The van der Waals surface area contributed by atoms with Gasteiger partial charge in [0.05, 0.1) is 29.7 Å². The molecule has 1 saturated carbocycles. The van der Waals surface area contributed by atoms with E-state index in [9.17, 15) is 8.78 Å². The Bertz CT molecular complexity index is 1380. The molecule has 2 fully saturated rings. The molecule has 5 rings (SSSR count). The van der Waals surface area contributed by atoms with Gasteiger partial charge in [-0.15, -0.1) is 0 Å². The molecule has 7 nitrogen and oxygen atoms in total.